The van der Waals surface area contributed by atoms with Crippen LogP contribution in [0.25, 0.3) is 0 Å². The summed E-state index contributed by atoms with van der Waals surface area (Å²) in [6.45, 7) is 1.51. The number of halogens is 2. The lowest BCUT2D eigenvalue weighted by atomic mass is 9.90. The smallest absolute Gasteiger partial charge is 0.307 e. The molecule has 0 aliphatic rings. The molecule has 0 saturated carbocycles. The van der Waals surface area contributed by atoms with Gasteiger partial charge in [0.15, 0.2) is 0 Å². The predicted octanol–water partition coefficient (Wildman–Crippen LogP) is 1.70. The second-order valence-corrected chi connectivity index (χ2v) is 3.83. The van der Waals surface area contributed by atoms with Gasteiger partial charge in [-0.1, -0.05) is 0 Å². The molecule has 0 radical (unpaired) electrons. The predicted molar refractivity (Wildman–Crippen MR) is 54.5 cm³/mol. The van der Waals surface area contributed by atoms with Crippen LogP contribution < -0.4 is 5.73 Å². The topological polar surface area (TPSA) is 52.3 Å². The molecule has 3 nitrogen and oxygen atoms in total. The van der Waals surface area contributed by atoms with Crippen LogP contribution in [0.4, 0.5) is 8.78 Å². The van der Waals surface area contributed by atoms with Crippen LogP contribution in [0, 0.1) is 11.6 Å². The van der Waals surface area contributed by atoms with Gasteiger partial charge in [0.2, 0.25) is 0 Å². The molecule has 0 spiro atoms. The Morgan fingerprint density at radius 3 is 2.31 bits per heavy atom. The minimum Gasteiger partial charge on any atom is -0.469 e. The van der Waals surface area contributed by atoms with Crippen molar-refractivity contribution in [2.24, 2.45) is 5.73 Å². The van der Waals surface area contributed by atoms with Crippen molar-refractivity contribution in [3.05, 3.63) is 35.4 Å². The van der Waals surface area contributed by atoms with E-state index in [2.05, 4.69) is 4.74 Å². The number of hydrogen-bond donors (Lipinski definition) is 1. The summed E-state index contributed by atoms with van der Waals surface area (Å²) in [7, 11) is 1.23. The SMILES string of the molecule is COC(=O)CC(C)(N)c1cc(F)cc(F)c1. The van der Waals surface area contributed by atoms with Crippen LogP contribution >= 0.6 is 0 Å². The van der Waals surface area contributed by atoms with Gasteiger partial charge < -0.3 is 10.5 Å². The Labute approximate surface area is 92.2 Å². The monoisotopic (exact) mass is 229 g/mol. The first-order valence-corrected chi connectivity index (χ1v) is 4.67. The molecule has 0 fully saturated rings. The van der Waals surface area contributed by atoms with E-state index < -0.39 is 23.1 Å². The molecule has 0 aliphatic carbocycles. The molecule has 1 rings (SSSR count). The number of carbonyl (C=O) groups is 1. The van der Waals surface area contributed by atoms with E-state index in [9.17, 15) is 13.6 Å². The first-order chi connectivity index (χ1) is 7.35. The van der Waals surface area contributed by atoms with Gasteiger partial charge in [-0.2, -0.15) is 0 Å². The summed E-state index contributed by atoms with van der Waals surface area (Å²) in [5, 5.41) is 0. The highest BCUT2D eigenvalue weighted by molar-refractivity contribution is 5.71. The van der Waals surface area contributed by atoms with Gasteiger partial charge in [0, 0.05) is 11.6 Å². The van der Waals surface area contributed by atoms with Crippen LogP contribution in [0.15, 0.2) is 18.2 Å². The summed E-state index contributed by atoms with van der Waals surface area (Å²) < 4.78 is 30.4. The highest BCUT2D eigenvalue weighted by Crippen LogP contribution is 2.23. The van der Waals surface area contributed by atoms with Gasteiger partial charge >= 0.3 is 5.97 Å². The van der Waals surface area contributed by atoms with E-state index in [0.717, 1.165) is 18.2 Å². The van der Waals surface area contributed by atoms with E-state index in [1.54, 1.807) is 0 Å². The molecule has 0 saturated heterocycles. The van der Waals surface area contributed by atoms with Gasteiger partial charge in [-0.05, 0) is 24.6 Å². The Morgan fingerprint density at radius 1 is 1.38 bits per heavy atom. The molecular formula is C11H13F2NO2. The molecule has 1 aromatic carbocycles. The second-order valence-electron chi connectivity index (χ2n) is 3.83. The summed E-state index contributed by atoms with van der Waals surface area (Å²) in [5.74, 6) is -1.98. The minimum atomic E-state index is -1.16. The molecule has 88 valence electrons. The average molecular weight is 229 g/mol. The molecule has 2 N–H and O–H groups in total. The largest absolute Gasteiger partial charge is 0.469 e. The minimum absolute atomic E-state index is 0.146. The number of esters is 1. The first kappa shape index (κ1) is 12.6. The zero-order chi connectivity index (χ0) is 12.3. The Hall–Kier alpha value is -1.49. The Balaban J connectivity index is 3.01. The molecule has 0 heterocycles. The molecule has 0 aromatic heterocycles. The third-order valence-electron chi connectivity index (χ3n) is 2.26. The van der Waals surface area contributed by atoms with E-state index in [0.29, 0.717) is 0 Å². The number of ether oxygens (including phenoxy) is 1. The lowest BCUT2D eigenvalue weighted by molar-refractivity contribution is -0.142. The Morgan fingerprint density at radius 2 is 1.88 bits per heavy atom. The summed E-state index contributed by atoms with van der Waals surface area (Å²) in [6, 6.07) is 2.95. The second kappa shape index (κ2) is 4.57. The lowest BCUT2D eigenvalue weighted by Crippen LogP contribution is -2.36. The first-order valence-electron chi connectivity index (χ1n) is 4.67. The third kappa shape index (κ3) is 3.00. The van der Waals surface area contributed by atoms with E-state index in [1.807, 2.05) is 0 Å². The maximum atomic E-state index is 13.0. The maximum Gasteiger partial charge on any atom is 0.307 e. The molecule has 0 amide bonds. The van der Waals surface area contributed by atoms with Crippen LogP contribution in [-0.2, 0) is 15.1 Å². The lowest BCUT2D eigenvalue weighted by Gasteiger charge is -2.23. The molecule has 5 heteroatoms. The third-order valence-corrected chi connectivity index (χ3v) is 2.26. The number of benzene rings is 1. The van der Waals surface area contributed by atoms with Crippen LogP contribution in [0.2, 0.25) is 0 Å². The van der Waals surface area contributed by atoms with Crippen molar-refractivity contribution in [2.75, 3.05) is 7.11 Å². The fraction of sp³-hybridized carbons (Fsp3) is 0.364. The maximum absolute atomic E-state index is 13.0. The fourth-order valence-electron chi connectivity index (χ4n) is 1.36. The van der Waals surface area contributed by atoms with Gasteiger partial charge in [-0.3, -0.25) is 4.79 Å². The standard InChI is InChI=1S/C11H13F2NO2/c1-11(14,6-10(15)16-2)7-3-8(12)5-9(13)4-7/h3-5H,6,14H2,1-2H3. The van der Waals surface area contributed by atoms with E-state index in [1.165, 1.54) is 14.0 Å². The van der Waals surface area contributed by atoms with Crippen LogP contribution in [0.5, 0.6) is 0 Å². The molecular weight excluding hydrogens is 216 g/mol. The van der Waals surface area contributed by atoms with E-state index >= 15 is 0 Å². The van der Waals surface area contributed by atoms with Crippen molar-refractivity contribution < 1.29 is 18.3 Å². The van der Waals surface area contributed by atoms with Crippen LogP contribution in [0.3, 0.4) is 0 Å². The van der Waals surface area contributed by atoms with Gasteiger partial charge in [-0.15, -0.1) is 0 Å². The average Bonchev–Trinajstić information content (AvgIpc) is 2.15. The van der Waals surface area contributed by atoms with Crippen molar-refractivity contribution >= 4 is 5.97 Å². The summed E-state index contributed by atoms with van der Waals surface area (Å²) in [6.07, 6.45) is -0.146. The Kier molecular flexibility index (Phi) is 3.59. The fourth-order valence-corrected chi connectivity index (χ4v) is 1.36. The summed E-state index contributed by atoms with van der Waals surface area (Å²) >= 11 is 0. The summed E-state index contributed by atoms with van der Waals surface area (Å²) in [5.41, 5.74) is 4.88. The quantitative estimate of drug-likeness (QED) is 0.802. The molecule has 1 unspecified atom stereocenters. The number of hydrogen-bond acceptors (Lipinski definition) is 3. The number of nitrogens with two attached hydrogens (primary N) is 1. The van der Waals surface area contributed by atoms with Crippen molar-refractivity contribution in [3.8, 4) is 0 Å². The van der Waals surface area contributed by atoms with Gasteiger partial charge in [-0.25, -0.2) is 8.78 Å². The molecule has 0 aliphatic heterocycles. The van der Waals surface area contributed by atoms with Crippen LogP contribution in [0.1, 0.15) is 18.9 Å². The van der Waals surface area contributed by atoms with Crippen molar-refractivity contribution in [1.29, 1.82) is 0 Å². The van der Waals surface area contributed by atoms with Crippen LogP contribution in [-0.4, -0.2) is 13.1 Å². The Bertz CT molecular complexity index is 385. The molecule has 1 aromatic rings. The highest BCUT2D eigenvalue weighted by atomic mass is 19.1. The highest BCUT2D eigenvalue weighted by Gasteiger charge is 2.26. The van der Waals surface area contributed by atoms with Crippen molar-refractivity contribution in [1.82, 2.24) is 0 Å². The molecule has 0 bridgehead atoms. The number of methoxy groups -OCH3 is 1. The zero-order valence-corrected chi connectivity index (χ0v) is 9.09. The van der Waals surface area contributed by atoms with Gasteiger partial charge in [0.05, 0.1) is 13.5 Å². The van der Waals surface area contributed by atoms with Crippen molar-refractivity contribution in [3.63, 3.8) is 0 Å². The summed E-state index contributed by atoms with van der Waals surface area (Å²) in [4.78, 5) is 11.1. The number of rotatable bonds is 3. The molecule has 1 atom stereocenters. The zero-order valence-electron chi connectivity index (χ0n) is 9.09. The van der Waals surface area contributed by atoms with E-state index in [4.69, 9.17) is 5.73 Å². The van der Waals surface area contributed by atoms with Gasteiger partial charge in [0.1, 0.15) is 11.6 Å². The van der Waals surface area contributed by atoms with E-state index in [-0.39, 0.29) is 12.0 Å². The van der Waals surface area contributed by atoms with Crippen molar-refractivity contribution in [2.45, 2.75) is 18.9 Å². The normalized spacial score (nSPS) is 14.3. The molecule has 16 heavy (non-hydrogen) atoms. The number of carbonyl (C=O) groups excluding carboxylic acids is 1. The van der Waals surface area contributed by atoms with Gasteiger partial charge in [0.25, 0.3) is 0 Å².